The lowest BCUT2D eigenvalue weighted by Gasteiger charge is -2.29. The van der Waals surface area contributed by atoms with Crippen LogP contribution in [0.1, 0.15) is 37.8 Å². The number of aromatic nitrogens is 2. The Morgan fingerprint density at radius 2 is 1.91 bits per heavy atom. The minimum atomic E-state index is -0.792. The molecule has 0 saturated carbocycles. The highest BCUT2D eigenvalue weighted by molar-refractivity contribution is 6.05. The average Bonchev–Trinajstić information content (AvgIpc) is 3.35. The zero-order valence-electron chi connectivity index (χ0n) is 18.2. The van der Waals surface area contributed by atoms with Crippen molar-refractivity contribution in [1.82, 2.24) is 9.97 Å². The van der Waals surface area contributed by atoms with Gasteiger partial charge in [-0.3, -0.25) is 4.99 Å². The molecule has 3 heterocycles. The number of hydrogen-bond acceptors (Lipinski definition) is 6. The fourth-order valence-corrected chi connectivity index (χ4v) is 4.20. The summed E-state index contributed by atoms with van der Waals surface area (Å²) >= 11 is 0. The number of aliphatic imine (C=N–C) groups is 1. The summed E-state index contributed by atoms with van der Waals surface area (Å²) in [4.78, 5) is 15.4. The van der Waals surface area contributed by atoms with Gasteiger partial charge in [0.1, 0.15) is 23.6 Å². The van der Waals surface area contributed by atoms with Gasteiger partial charge in [-0.05, 0) is 56.4 Å². The lowest BCUT2D eigenvalue weighted by Crippen LogP contribution is -2.35. The van der Waals surface area contributed by atoms with E-state index in [2.05, 4.69) is 20.3 Å². The van der Waals surface area contributed by atoms with Crippen LogP contribution in [0.15, 0.2) is 40.4 Å². The first-order valence-corrected chi connectivity index (χ1v) is 10.9. The van der Waals surface area contributed by atoms with E-state index in [-0.39, 0.29) is 11.8 Å². The predicted molar refractivity (Wildman–Crippen MR) is 122 cm³/mol. The molecule has 8 heteroatoms. The van der Waals surface area contributed by atoms with Crippen LogP contribution in [0.2, 0.25) is 0 Å². The van der Waals surface area contributed by atoms with Crippen LogP contribution in [0.3, 0.4) is 0 Å². The Balaban J connectivity index is 1.46. The number of nitrogens with one attached hydrogen (secondary N) is 1. The van der Waals surface area contributed by atoms with Crippen LogP contribution in [-0.2, 0) is 6.42 Å². The van der Waals surface area contributed by atoms with E-state index in [1.54, 1.807) is 12.1 Å². The van der Waals surface area contributed by atoms with Gasteiger partial charge in [0.2, 0.25) is 0 Å². The van der Waals surface area contributed by atoms with Crippen LogP contribution >= 0.6 is 0 Å². The van der Waals surface area contributed by atoms with Gasteiger partial charge in [0, 0.05) is 24.7 Å². The normalized spacial score (nSPS) is 18.2. The van der Waals surface area contributed by atoms with Gasteiger partial charge in [-0.2, -0.15) is 9.97 Å². The molecule has 6 nitrogen and oxygen atoms in total. The molecule has 1 N–H and O–H groups in total. The summed E-state index contributed by atoms with van der Waals surface area (Å²) in [6, 6.07) is 5.31. The topological polar surface area (TPSA) is 62.6 Å². The van der Waals surface area contributed by atoms with Gasteiger partial charge in [-0.15, -0.1) is 0 Å². The van der Waals surface area contributed by atoms with Gasteiger partial charge in [-0.1, -0.05) is 17.7 Å². The Hall–Kier alpha value is -3.29. The highest BCUT2D eigenvalue weighted by Crippen LogP contribution is 2.34. The summed E-state index contributed by atoms with van der Waals surface area (Å²) in [6.07, 6.45) is 4.64. The van der Waals surface area contributed by atoms with Crippen LogP contribution in [0.5, 0.6) is 11.8 Å². The fourth-order valence-electron chi connectivity index (χ4n) is 4.20. The van der Waals surface area contributed by atoms with Gasteiger partial charge in [-0.25, -0.2) is 8.78 Å². The van der Waals surface area contributed by atoms with Crippen molar-refractivity contribution in [2.75, 3.05) is 29.9 Å². The molecule has 0 bridgehead atoms. The molecule has 1 aliphatic carbocycles. The second kappa shape index (κ2) is 8.33. The SMILES string of the molecule is CC1=CC(Nc2cc(N3CCC(F)CC3)nc(Oc3ccc4c(c3F)C=C(C)C4)n2)=NC1. The number of benzene rings is 1. The number of nitrogens with zero attached hydrogens (tertiary/aromatic N) is 4. The van der Waals surface area contributed by atoms with Crippen molar-refractivity contribution in [3.05, 3.63) is 52.4 Å². The highest BCUT2D eigenvalue weighted by atomic mass is 19.1. The van der Waals surface area contributed by atoms with Gasteiger partial charge >= 0.3 is 6.01 Å². The fraction of sp³-hybridized carbons (Fsp3) is 0.375. The number of fused-ring (bicyclic) bond motifs is 1. The summed E-state index contributed by atoms with van der Waals surface area (Å²) in [5, 5.41) is 3.19. The molecule has 0 unspecified atom stereocenters. The third-order valence-electron chi connectivity index (χ3n) is 5.87. The van der Waals surface area contributed by atoms with E-state index in [0.717, 1.165) is 23.1 Å². The smallest absolute Gasteiger partial charge is 0.326 e. The monoisotopic (exact) mass is 437 g/mol. The maximum absolute atomic E-state index is 15.1. The van der Waals surface area contributed by atoms with Crippen LogP contribution < -0.4 is 15.0 Å². The number of hydrogen-bond donors (Lipinski definition) is 1. The van der Waals surface area contributed by atoms with Crippen molar-refractivity contribution in [3.63, 3.8) is 0 Å². The number of allylic oxidation sites excluding steroid dienone is 1. The molecule has 3 aliphatic rings. The van der Waals surface area contributed by atoms with Crippen LogP contribution in [0, 0.1) is 5.82 Å². The Morgan fingerprint density at radius 1 is 1.09 bits per heavy atom. The Bertz CT molecular complexity index is 1150. The third kappa shape index (κ3) is 4.22. The predicted octanol–water partition coefficient (Wildman–Crippen LogP) is 5.08. The van der Waals surface area contributed by atoms with Crippen molar-refractivity contribution < 1.29 is 13.5 Å². The second-order valence-corrected chi connectivity index (χ2v) is 8.59. The number of piperidine rings is 1. The third-order valence-corrected chi connectivity index (χ3v) is 5.87. The summed E-state index contributed by atoms with van der Waals surface area (Å²) in [6.45, 7) is 5.72. The lowest BCUT2D eigenvalue weighted by atomic mass is 10.1. The highest BCUT2D eigenvalue weighted by Gasteiger charge is 2.23. The molecule has 32 heavy (non-hydrogen) atoms. The maximum Gasteiger partial charge on any atom is 0.326 e. The minimum Gasteiger partial charge on any atom is -0.421 e. The number of alkyl halides is 1. The molecule has 2 aromatic rings. The molecule has 0 amide bonds. The van der Waals surface area contributed by atoms with Crippen molar-refractivity contribution in [3.8, 4) is 11.8 Å². The van der Waals surface area contributed by atoms with E-state index < -0.39 is 12.0 Å². The quantitative estimate of drug-likeness (QED) is 0.723. The van der Waals surface area contributed by atoms with Crippen LogP contribution in [0.25, 0.3) is 6.08 Å². The van der Waals surface area contributed by atoms with E-state index in [1.165, 1.54) is 0 Å². The summed E-state index contributed by atoms with van der Waals surface area (Å²) in [5.74, 6) is 1.47. The standard InChI is InChI=1S/C24H25F2N5O/c1-14-9-16-3-4-19(23(26)18(16)10-14)32-24-29-21(28-20-11-15(2)13-27-20)12-22(30-24)31-7-5-17(25)6-8-31/h3-4,10-12,17H,5-9,13H2,1-2H3,(H,27,28,29,30). The van der Waals surface area contributed by atoms with E-state index in [4.69, 9.17) is 4.74 Å². The molecule has 1 aromatic heterocycles. The Morgan fingerprint density at radius 3 is 2.66 bits per heavy atom. The molecule has 166 valence electrons. The van der Waals surface area contributed by atoms with E-state index in [0.29, 0.717) is 55.5 Å². The maximum atomic E-state index is 15.1. The van der Waals surface area contributed by atoms with Crippen LogP contribution in [-0.4, -0.2) is 41.6 Å². The van der Waals surface area contributed by atoms with Crippen molar-refractivity contribution in [2.45, 2.75) is 39.3 Å². The molecule has 0 atom stereocenters. The van der Waals surface area contributed by atoms with Gasteiger partial charge in [0.15, 0.2) is 11.6 Å². The largest absolute Gasteiger partial charge is 0.421 e. The summed E-state index contributed by atoms with van der Waals surface area (Å²) in [7, 11) is 0. The minimum absolute atomic E-state index is 0.0317. The van der Waals surface area contributed by atoms with E-state index in [1.807, 2.05) is 37.0 Å². The average molecular weight is 437 g/mol. The first-order valence-electron chi connectivity index (χ1n) is 10.9. The van der Waals surface area contributed by atoms with Crippen molar-refractivity contribution in [2.24, 2.45) is 4.99 Å². The Labute approximate surface area is 185 Å². The van der Waals surface area contributed by atoms with E-state index >= 15 is 4.39 Å². The number of ether oxygens (including phenoxy) is 1. The molecule has 5 rings (SSSR count). The van der Waals surface area contributed by atoms with Gasteiger partial charge in [0.25, 0.3) is 0 Å². The van der Waals surface area contributed by atoms with Crippen molar-refractivity contribution in [1.29, 1.82) is 0 Å². The van der Waals surface area contributed by atoms with Crippen molar-refractivity contribution >= 4 is 23.5 Å². The summed E-state index contributed by atoms with van der Waals surface area (Å²) in [5.41, 5.74) is 3.75. The zero-order valence-corrected chi connectivity index (χ0v) is 18.2. The Kier molecular flexibility index (Phi) is 5.36. The zero-order chi connectivity index (χ0) is 22.2. The lowest BCUT2D eigenvalue weighted by molar-refractivity contribution is 0.276. The second-order valence-electron chi connectivity index (χ2n) is 8.59. The summed E-state index contributed by atoms with van der Waals surface area (Å²) < 4.78 is 34.6. The first kappa shape index (κ1) is 20.6. The van der Waals surface area contributed by atoms with E-state index in [9.17, 15) is 4.39 Å². The first-order chi connectivity index (χ1) is 15.4. The molecular weight excluding hydrogens is 412 g/mol. The molecule has 1 saturated heterocycles. The molecule has 0 spiro atoms. The molecule has 0 radical (unpaired) electrons. The molecule has 2 aliphatic heterocycles. The van der Waals surface area contributed by atoms with Gasteiger partial charge < -0.3 is 15.0 Å². The number of anilines is 2. The molecular formula is C24H25F2N5O. The number of halogens is 2. The number of rotatable bonds is 4. The van der Waals surface area contributed by atoms with Crippen LogP contribution in [0.4, 0.5) is 20.4 Å². The molecule has 1 aromatic carbocycles. The number of amidine groups is 1. The molecule has 1 fully saturated rings. The van der Waals surface area contributed by atoms with Gasteiger partial charge in [0.05, 0.1) is 6.54 Å².